The standard InChI is InChI=1S/C90H123N21O22S/c1-9-11-22-69-83(126)99-62(32-48(3)4)80(123)104-68(79(122)96-43-75(92)117)46-134-106-90(133)105-64(33-50-25-27-55(113)28-26-50)85(128)107(6)49(5)77(120)101-66(39-74(91)116)88(131)110-31-17-24-70(110)84(127)100-63(37-54-42-93-47-97-54)81(124)98-61(29-30-76(118)119)87(130)111-44-56(114)38-72(111)73(115)36-51(34-52-40-94-59-20-15-13-18-57(52)59)78(121)103-67(45-112)82(125)102-65(35-53-41-95-60-21-16-14-19-58(53)60)86(129)109(8)71(23-12-10-2)89(132)108(69)7/h13-16,18-21,25-28,40-42,47-49,51,56,61-72,94-95,112-114H,9-12,17,22-24,29-39,43-46H2,1-8H3,(H2,91,116)(H2,92,117)(H,93,97)(H,96,122)(H,98,124)(H,99,126)(H,100,127)(H,101,120)(H,102,125)(H,103,121)(H,104,123)(H,118,119)(H2,105,106,133)/t49-,51+,56+,61-,62-,63-,64-,65-,66-,67-,68-,69-,70-,71-,72-/m0/s1. The smallest absolute Gasteiger partial charge is 0.325 e. The lowest BCUT2D eigenvalue weighted by atomic mass is 9.90. The Morgan fingerprint density at radius 1 is 0.575 bits per heavy atom. The van der Waals surface area contributed by atoms with Gasteiger partial charge in [0.05, 0.1) is 43.7 Å². The third-order valence-corrected chi connectivity index (χ3v) is 25.0. The van der Waals surface area contributed by atoms with Crippen molar-refractivity contribution in [2.75, 3.05) is 53.1 Å². The Morgan fingerprint density at radius 2 is 1.14 bits per heavy atom. The molecule has 0 spiro atoms. The maximum absolute atomic E-state index is 15.7. The van der Waals surface area contributed by atoms with Crippen molar-refractivity contribution in [3.8, 4) is 5.75 Å². The number of hydrogen-bond donors (Lipinski definition) is 19. The number of para-hydroxylation sites is 2. The number of benzene rings is 3. The number of carbonyl (C=O) groups is 18. The average molecular weight is 1880 g/mol. The molecule has 0 unspecified atom stereocenters. The number of carbonyl (C=O) groups excluding carboxylic acids is 17. The van der Waals surface area contributed by atoms with E-state index in [1.807, 2.05) is 13.8 Å². The number of primary amides is 2. The highest BCUT2D eigenvalue weighted by Gasteiger charge is 2.47. The summed E-state index contributed by atoms with van der Waals surface area (Å²) in [5.41, 5.74) is 13.9. The Kier molecular flexibility index (Phi) is 38.3. The molecule has 134 heavy (non-hydrogen) atoms. The lowest BCUT2D eigenvalue weighted by Gasteiger charge is -2.36. The highest BCUT2D eigenvalue weighted by atomic mass is 32.2. The van der Waals surface area contributed by atoms with Crippen LogP contribution in [0.4, 0.5) is 4.79 Å². The molecule has 6 heterocycles. The molecule has 17 amide bonds. The highest BCUT2D eigenvalue weighted by molar-refractivity contribution is 7.98. The van der Waals surface area contributed by atoms with Crippen LogP contribution < -0.4 is 64.0 Å². The quantitative estimate of drug-likeness (QED) is 0.0301. The number of fused-ring (bicyclic) bond motifs is 4. The average Bonchev–Trinajstić information content (AvgIpc) is 1.37. The third kappa shape index (κ3) is 28.5. The summed E-state index contributed by atoms with van der Waals surface area (Å²) in [5.74, 6) is -19.5. The van der Waals surface area contributed by atoms with Gasteiger partial charge in [0.1, 0.15) is 78.3 Å². The number of nitrogens with one attached hydrogen (secondary N) is 13. The summed E-state index contributed by atoms with van der Waals surface area (Å²) in [7, 11) is 3.89. The molecule has 3 aromatic carbocycles. The van der Waals surface area contributed by atoms with Gasteiger partial charge >= 0.3 is 12.0 Å². The number of Topliss-reactive ketones (excluding diaryl/α,β-unsaturated/α-hetero) is 1. The number of likely N-dealkylation sites (N-methyl/N-ethyl adjacent to an activating group) is 3. The number of unbranched alkanes of at least 4 members (excludes halogenated alkanes) is 2. The number of imidazole rings is 1. The summed E-state index contributed by atoms with van der Waals surface area (Å²) in [6, 6.07) is -2.38. The van der Waals surface area contributed by atoms with Crippen molar-refractivity contribution in [2.24, 2.45) is 23.3 Å². The van der Waals surface area contributed by atoms with Gasteiger partial charge in [-0.05, 0) is 111 Å². The maximum Gasteiger partial charge on any atom is 0.325 e. The van der Waals surface area contributed by atoms with E-state index in [0.717, 1.165) is 24.5 Å². The molecule has 0 saturated carbocycles. The number of H-pyrrole nitrogens is 3. The molecule has 43 nitrogen and oxygen atoms in total. The van der Waals surface area contributed by atoms with Crippen LogP contribution in [-0.4, -0.2) is 309 Å². The van der Waals surface area contributed by atoms with Gasteiger partial charge in [-0.25, -0.2) is 9.78 Å². The predicted molar refractivity (Wildman–Crippen MR) is 487 cm³/mol. The number of carboxylic acid groups (broad SMARTS) is 1. The number of phenols is 1. The molecule has 0 bridgehead atoms. The Labute approximate surface area is 777 Å². The highest BCUT2D eigenvalue weighted by Crippen LogP contribution is 2.30. The monoisotopic (exact) mass is 1880 g/mol. The van der Waals surface area contributed by atoms with Crippen molar-refractivity contribution >= 4 is 140 Å². The molecule has 0 aliphatic carbocycles. The van der Waals surface area contributed by atoms with Gasteiger partial charge in [0.15, 0.2) is 5.78 Å². The molecule has 44 heteroatoms. The molecule has 3 fully saturated rings. The Bertz CT molecular complexity index is 5200. The lowest BCUT2D eigenvalue weighted by molar-refractivity contribution is -0.149. The van der Waals surface area contributed by atoms with E-state index in [1.165, 1.54) is 64.9 Å². The molecule has 21 N–H and O–H groups in total. The van der Waals surface area contributed by atoms with Gasteiger partial charge in [0, 0.05) is 125 Å². The number of aliphatic hydroxyl groups is 2. The van der Waals surface area contributed by atoms with Gasteiger partial charge in [-0.1, -0.05) is 102 Å². The molecule has 726 valence electrons. The van der Waals surface area contributed by atoms with Crippen LogP contribution in [0.3, 0.4) is 0 Å². The zero-order chi connectivity index (χ0) is 97.9. The number of aromatic hydroxyl groups is 1. The minimum absolute atomic E-state index is 0.000493. The van der Waals surface area contributed by atoms with Gasteiger partial charge < -0.3 is 119 Å². The summed E-state index contributed by atoms with van der Waals surface area (Å²) in [4.78, 5) is 281. The lowest BCUT2D eigenvalue weighted by Crippen LogP contribution is -2.61. The number of ketones is 1. The number of aromatic amines is 3. The van der Waals surface area contributed by atoms with E-state index >= 15 is 38.4 Å². The number of carboxylic acids is 1. The SMILES string of the molecule is CCCC[C@H]1C(=O)N(C)[C@@H](CCCC)C(=O)N[C@@H](CC(C)C)C(=O)N[C@H](C(=O)NCC(N)=O)CSNC(=O)N[C@@H](Cc2ccc(O)cc2)C(=O)N(C)[C@@H](C)C(=O)N[C@@H](CC(N)=O)C(=O)N2CCC[C@H]2C(=O)N[C@@H](Cc2c[nH]cn2)C(=O)N[C@@H](CCC(=O)O)C(=O)N2C[C@H](O)C[C@H]2C(=O)C[C@@H](Cc2c[nH]c3ccccc23)C(=O)N[C@@H](CO)C(=O)N[C@@H](Cc2c[nH]c3ccccc23)C(=O)N1C. The Morgan fingerprint density at radius 3 is 1.75 bits per heavy atom. The van der Waals surface area contributed by atoms with E-state index in [4.69, 9.17) is 11.5 Å². The molecule has 9 rings (SSSR count). The second-order valence-electron chi connectivity index (χ2n) is 34.5. The number of aliphatic carboxylic acids is 1. The van der Waals surface area contributed by atoms with Crippen molar-refractivity contribution in [1.29, 1.82) is 0 Å². The number of nitrogens with zero attached hydrogens (tertiary/aromatic N) is 6. The first-order valence-electron chi connectivity index (χ1n) is 44.7. The van der Waals surface area contributed by atoms with Crippen molar-refractivity contribution < 1.29 is 107 Å². The summed E-state index contributed by atoms with van der Waals surface area (Å²) < 4.78 is 2.47. The second-order valence-corrected chi connectivity index (χ2v) is 35.3. The van der Waals surface area contributed by atoms with E-state index in [2.05, 4.69) is 72.5 Å². The van der Waals surface area contributed by atoms with Gasteiger partial charge in [0.25, 0.3) is 0 Å². The fourth-order valence-electron chi connectivity index (χ4n) is 16.7. The summed E-state index contributed by atoms with van der Waals surface area (Å²) in [5, 5.41) is 67.5. The van der Waals surface area contributed by atoms with Crippen molar-refractivity contribution in [3.63, 3.8) is 0 Å². The summed E-state index contributed by atoms with van der Waals surface area (Å²) >= 11 is 0.533. The molecule has 6 aromatic rings. The van der Waals surface area contributed by atoms with Crippen LogP contribution in [0.1, 0.15) is 147 Å². The van der Waals surface area contributed by atoms with Crippen molar-refractivity contribution in [3.05, 3.63) is 120 Å². The molecular formula is C90H123N21O22S. The zero-order valence-corrected chi connectivity index (χ0v) is 76.9. The van der Waals surface area contributed by atoms with E-state index in [9.17, 15) is 68.4 Å². The molecular weight excluding hydrogens is 1760 g/mol. The number of phenolic OH excluding ortho intramolecular Hbond substituents is 1. The number of nitrogens with two attached hydrogens (primary N) is 2. The Balaban J connectivity index is 1.10. The first kappa shape index (κ1) is 104. The van der Waals surface area contributed by atoms with Gasteiger partial charge in [0.2, 0.25) is 88.6 Å². The summed E-state index contributed by atoms with van der Waals surface area (Å²) in [6.45, 7) is 5.85. The number of amides is 17. The van der Waals surface area contributed by atoms with E-state index in [1.54, 1.807) is 74.8 Å². The first-order valence-corrected chi connectivity index (χ1v) is 45.7. The van der Waals surface area contributed by atoms with Crippen LogP contribution in [-0.2, 0) is 107 Å². The van der Waals surface area contributed by atoms with Crippen LogP contribution in [0.2, 0.25) is 0 Å². The first-order chi connectivity index (χ1) is 63.8. The van der Waals surface area contributed by atoms with Crippen LogP contribution in [0.15, 0.2) is 97.7 Å². The van der Waals surface area contributed by atoms with Crippen LogP contribution >= 0.6 is 11.9 Å². The maximum atomic E-state index is 15.7. The molecule has 15 atom stereocenters. The van der Waals surface area contributed by atoms with Crippen molar-refractivity contribution in [2.45, 2.75) is 235 Å². The topological polar surface area (TPSA) is 637 Å². The van der Waals surface area contributed by atoms with Crippen LogP contribution in [0.25, 0.3) is 21.8 Å². The van der Waals surface area contributed by atoms with E-state index in [0.29, 0.717) is 76.1 Å². The van der Waals surface area contributed by atoms with Gasteiger partial charge in [-0.15, -0.1) is 0 Å². The predicted octanol–water partition coefficient (Wildman–Crippen LogP) is -1.14. The molecule has 3 aliphatic heterocycles. The van der Waals surface area contributed by atoms with Crippen LogP contribution in [0, 0.1) is 11.8 Å². The third-order valence-electron chi connectivity index (χ3n) is 24.1. The largest absolute Gasteiger partial charge is 0.508 e. The summed E-state index contributed by atoms with van der Waals surface area (Å²) in [6.07, 6.45) is 1.38. The number of aliphatic hydroxyl groups excluding tert-OH is 2. The van der Waals surface area contributed by atoms with Crippen LogP contribution in [0.5, 0.6) is 5.75 Å². The van der Waals surface area contributed by atoms with Crippen molar-refractivity contribution in [1.82, 2.24) is 97.0 Å². The Hall–Kier alpha value is -13.5. The minimum atomic E-state index is -1.89. The van der Waals surface area contributed by atoms with E-state index in [-0.39, 0.29) is 75.3 Å². The number of urea groups is 1. The number of aromatic nitrogens is 4. The fourth-order valence-corrected chi connectivity index (χ4v) is 17.3. The fraction of sp³-hybridized carbons (Fsp3) is 0.522. The second kappa shape index (κ2) is 49.3. The van der Waals surface area contributed by atoms with Gasteiger partial charge in [-0.3, -0.25) is 86.2 Å². The number of hydrogen-bond acceptors (Lipinski definition) is 23. The zero-order valence-electron chi connectivity index (χ0n) is 76.1. The minimum Gasteiger partial charge on any atom is -0.508 e. The normalized spacial score (nSPS) is 24.9. The molecule has 3 aliphatic rings. The number of rotatable bonds is 25. The van der Waals surface area contributed by atoms with Gasteiger partial charge in [-0.2, -0.15) is 0 Å². The molecule has 0 radical (unpaired) electrons. The van der Waals surface area contributed by atoms with E-state index < -0.39 is 261 Å². The molecule has 3 saturated heterocycles. The molecule has 3 aromatic heterocycles.